The molecule has 2 aromatic rings. The number of nitrogens with zero attached hydrogens (tertiary/aromatic N) is 1. The highest BCUT2D eigenvalue weighted by Crippen LogP contribution is 2.26. The monoisotopic (exact) mass is 291 g/mol. The number of methoxy groups -OCH3 is 1. The smallest absolute Gasteiger partial charge is 0.233 e. The van der Waals surface area contributed by atoms with Crippen molar-refractivity contribution < 1.29 is 9.53 Å². The van der Waals surface area contributed by atoms with Crippen LogP contribution in [0.1, 0.15) is 19.8 Å². The molecule has 0 spiro atoms. The fourth-order valence-corrected chi connectivity index (χ4v) is 2.75. The van der Waals surface area contributed by atoms with Crippen molar-refractivity contribution in [3.8, 4) is 5.75 Å². The molecule has 20 heavy (non-hydrogen) atoms. The highest BCUT2D eigenvalue weighted by molar-refractivity contribution is 8.00. The van der Waals surface area contributed by atoms with Crippen molar-refractivity contribution in [3.05, 3.63) is 18.2 Å². The number of amides is 1. The molecule has 1 amide bonds. The molecule has 1 aromatic carbocycles. The van der Waals surface area contributed by atoms with Gasteiger partial charge in [-0.2, -0.15) is 0 Å². The average Bonchev–Trinajstić information content (AvgIpc) is 3.16. The Morgan fingerprint density at radius 1 is 1.55 bits per heavy atom. The number of ether oxygens (including phenoxy) is 1. The molecule has 0 saturated heterocycles. The molecular weight excluding hydrogens is 274 g/mol. The number of benzene rings is 1. The maximum atomic E-state index is 11.9. The topological polar surface area (TPSA) is 67.0 Å². The van der Waals surface area contributed by atoms with Gasteiger partial charge >= 0.3 is 0 Å². The summed E-state index contributed by atoms with van der Waals surface area (Å²) >= 11 is 1.44. The molecule has 3 rings (SSSR count). The van der Waals surface area contributed by atoms with Crippen LogP contribution in [0.5, 0.6) is 5.75 Å². The van der Waals surface area contributed by atoms with Gasteiger partial charge in [0.2, 0.25) is 5.91 Å². The zero-order chi connectivity index (χ0) is 14.1. The standard InChI is InChI=1S/C14H17N3O2S/c1-8(13(18)15-9-3-4-9)20-14-16-11-6-5-10(19-2)7-12(11)17-14/h5-9H,3-4H2,1-2H3,(H,15,18)(H,16,17)/t8-/m0/s1. The lowest BCUT2D eigenvalue weighted by atomic mass is 10.3. The number of H-pyrrole nitrogens is 1. The summed E-state index contributed by atoms with van der Waals surface area (Å²) in [7, 11) is 1.64. The normalized spacial score (nSPS) is 16.1. The van der Waals surface area contributed by atoms with Gasteiger partial charge < -0.3 is 15.0 Å². The van der Waals surface area contributed by atoms with E-state index in [-0.39, 0.29) is 11.2 Å². The highest BCUT2D eigenvalue weighted by atomic mass is 32.2. The first-order valence-corrected chi connectivity index (χ1v) is 7.54. The van der Waals surface area contributed by atoms with Crippen LogP contribution in [0.4, 0.5) is 0 Å². The Morgan fingerprint density at radius 3 is 3.05 bits per heavy atom. The summed E-state index contributed by atoms with van der Waals surface area (Å²) < 4.78 is 5.18. The number of carbonyl (C=O) groups is 1. The first-order chi connectivity index (χ1) is 9.65. The van der Waals surface area contributed by atoms with Crippen LogP contribution < -0.4 is 10.1 Å². The Bertz CT molecular complexity index is 636. The van der Waals surface area contributed by atoms with Gasteiger partial charge in [0, 0.05) is 12.1 Å². The van der Waals surface area contributed by atoms with E-state index >= 15 is 0 Å². The van der Waals surface area contributed by atoms with Gasteiger partial charge in [-0.3, -0.25) is 4.79 Å². The maximum Gasteiger partial charge on any atom is 0.233 e. The van der Waals surface area contributed by atoms with Crippen molar-refractivity contribution in [1.29, 1.82) is 0 Å². The van der Waals surface area contributed by atoms with Crippen molar-refractivity contribution in [2.45, 2.75) is 36.2 Å². The van der Waals surface area contributed by atoms with Crippen LogP contribution in [0, 0.1) is 0 Å². The van der Waals surface area contributed by atoms with Gasteiger partial charge in [-0.25, -0.2) is 4.98 Å². The zero-order valence-corrected chi connectivity index (χ0v) is 12.3. The number of aromatic nitrogens is 2. The molecule has 0 aliphatic heterocycles. The molecule has 5 nitrogen and oxygen atoms in total. The van der Waals surface area contributed by atoms with Crippen LogP contribution >= 0.6 is 11.8 Å². The van der Waals surface area contributed by atoms with Crippen LogP contribution in [-0.2, 0) is 4.79 Å². The summed E-state index contributed by atoms with van der Waals surface area (Å²) in [6.45, 7) is 1.90. The number of thioether (sulfide) groups is 1. The first-order valence-electron chi connectivity index (χ1n) is 6.66. The zero-order valence-electron chi connectivity index (χ0n) is 11.5. The van der Waals surface area contributed by atoms with Gasteiger partial charge in [0.15, 0.2) is 5.16 Å². The van der Waals surface area contributed by atoms with E-state index < -0.39 is 0 Å². The molecule has 1 saturated carbocycles. The molecule has 1 aliphatic rings. The Balaban J connectivity index is 1.71. The lowest BCUT2D eigenvalue weighted by Crippen LogP contribution is -2.32. The maximum absolute atomic E-state index is 11.9. The van der Waals surface area contributed by atoms with Crippen molar-refractivity contribution in [3.63, 3.8) is 0 Å². The molecule has 1 fully saturated rings. The predicted octanol–water partition coefficient (Wildman–Crippen LogP) is 2.33. The van der Waals surface area contributed by atoms with E-state index in [0.29, 0.717) is 6.04 Å². The van der Waals surface area contributed by atoms with Gasteiger partial charge in [0.25, 0.3) is 0 Å². The van der Waals surface area contributed by atoms with E-state index in [1.54, 1.807) is 7.11 Å². The number of nitrogens with one attached hydrogen (secondary N) is 2. The van der Waals surface area contributed by atoms with Gasteiger partial charge in [-0.15, -0.1) is 0 Å². The minimum Gasteiger partial charge on any atom is -0.497 e. The van der Waals surface area contributed by atoms with Gasteiger partial charge in [-0.1, -0.05) is 11.8 Å². The third-order valence-corrected chi connectivity index (χ3v) is 4.23. The Morgan fingerprint density at radius 2 is 2.35 bits per heavy atom. The van der Waals surface area contributed by atoms with E-state index in [1.165, 1.54) is 11.8 Å². The van der Waals surface area contributed by atoms with Gasteiger partial charge in [0.05, 0.1) is 23.4 Å². The molecular formula is C14H17N3O2S. The van der Waals surface area contributed by atoms with Crippen LogP contribution in [0.2, 0.25) is 0 Å². The Labute approximate surface area is 121 Å². The lowest BCUT2D eigenvalue weighted by Gasteiger charge is -2.09. The average molecular weight is 291 g/mol. The summed E-state index contributed by atoms with van der Waals surface area (Å²) in [4.78, 5) is 19.6. The molecule has 2 N–H and O–H groups in total. The van der Waals surface area contributed by atoms with E-state index in [9.17, 15) is 4.79 Å². The van der Waals surface area contributed by atoms with Crippen LogP contribution in [0.3, 0.4) is 0 Å². The molecule has 1 atom stereocenters. The third-order valence-electron chi connectivity index (χ3n) is 3.25. The lowest BCUT2D eigenvalue weighted by molar-refractivity contribution is -0.120. The quantitative estimate of drug-likeness (QED) is 0.830. The SMILES string of the molecule is COc1ccc2nc(S[C@@H](C)C(=O)NC3CC3)[nH]c2c1. The minimum absolute atomic E-state index is 0.0792. The van der Waals surface area contributed by atoms with Gasteiger partial charge in [-0.05, 0) is 31.9 Å². The van der Waals surface area contributed by atoms with Gasteiger partial charge in [0.1, 0.15) is 5.75 Å². The number of imidazole rings is 1. The summed E-state index contributed by atoms with van der Waals surface area (Å²) in [6, 6.07) is 6.08. The fraction of sp³-hybridized carbons (Fsp3) is 0.429. The Kier molecular flexibility index (Phi) is 3.56. The number of hydrogen-bond acceptors (Lipinski definition) is 4. The second-order valence-electron chi connectivity index (χ2n) is 4.97. The van der Waals surface area contributed by atoms with Crippen molar-refractivity contribution in [2.75, 3.05) is 7.11 Å². The molecule has 1 heterocycles. The Hall–Kier alpha value is -1.69. The molecule has 106 valence electrons. The largest absolute Gasteiger partial charge is 0.497 e. The third kappa shape index (κ3) is 2.90. The molecule has 1 aliphatic carbocycles. The fourth-order valence-electron chi connectivity index (χ4n) is 1.92. The van der Waals surface area contributed by atoms with E-state index in [1.807, 2.05) is 25.1 Å². The number of aromatic amines is 1. The molecule has 0 radical (unpaired) electrons. The molecule has 0 bridgehead atoms. The summed E-state index contributed by atoms with van der Waals surface area (Å²) in [5.41, 5.74) is 1.80. The number of fused-ring (bicyclic) bond motifs is 1. The second-order valence-corrected chi connectivity index (χ2v) is 6.30. The van der Waals surface area contributed by atoms with Crippen LogP contribution in [0.25, 0.3) is 11.0 Å². The van der Waals surface area contributed by atoms with Crippen molar-refractivity contribution in [2.24, 2.45) is 0 Å². The summed E-state index contributed by atoms with van der Waals surface area (Å²) in [6.07, 6.45) is 2.21. The molecule has 1 aromatic heterocycles. The van der Waals surface area contributed by atoms with Crippen LogP contribution in [0.15, 0.2) is 23.4 Å². The molecule has 0 unspecified atom stereocenters. The number of carbonyl (C=O) groups excluding carboxylic acids is 1. The minimum atomic E-state index is -0.155. The first kappa shape index (κ1) is 13.3. The number of rotatable bonds is 5. The van der Waals surface area contributed by atoms with Crippen molar-refractivity contribution in [1.82, 2.24) is 15.3 Å². The van der Waals surface area contributed by atoms with E-state index in [4.69, 9.17) is 4.74 Å². The predicted molar refractivity (Wildman–Crippen MR) is 79.1 cm³/mol. The van der Waals surface area contributed by atoms with Crippen molar-refractivity contribution >= 4 is 28.7 Å². The highest BCUT2D eigenvalue weighted by Gasteiger charge is 2.26. The van der Waals surface area contributed by atoms with Crippen LogP contribution in [-0.4, -0.2) is 34.3 Å². The van der Waals surface area contributed by atoms with E-state index in [2.05, 4.69) is 15.3 Å². The summed E-state index contributed by atoms with van der Waals surface area (Å²) in [5.74, 6) is 0.868. The van der Waals surface area contributed by atoms with E-state index in [0.717, 1.165) is 34.8 Å². The second kappa shape index (κ2) is 5.36. The number of hydrogen-bond donors (Lipinski definition) is 2. The summed E-state index contributed by atoms with van der Waals surface area (Å²) in [5, 5.41) is 3.61. The molecule has 6 heteroatoms.